The summed E-state index contributed by atoms with van der Waals surface area (Å²) in [5.41, 5.74) is 4.97. The summed E-state index contributed by atoms with van der Waals surface area (Å²) in [6.07, 6.45) is -4.51. The molecule has 0 bridgehead atoms. The Kier molecular flexibility index (Phi) is 3.64. The first-order chi connectivity index (χ1) is 7.41. The van der Waals surface area contributed by atoms with Crippen molar-refractivity contribution in [1.29, 1.82) is 0 Å². The number of ether oxygens (including phenoxy) is 2. The molecule has 0 saturated carbocycles. The van der Waals surface area contributed by atoms with Crippen LogP contribution in [0.25, 0.3) is 0 Å². The number of methoxy groups -OCH3 is 2. The molecule has 0 heterocycles. The minimum absolute atomic E-state index is 0.00910. The number of halogens is 3. The summed E-state index contributed by atoms with van der Waals surface area (Å²) < 4.78 is 47.2. The van der Waals surface area contributed by atoms with E-state index < -0.39 is 12.2 Å². The van der Waals surface area contributed by atoms with Crippen molar-refractivity contribution in [2.24, 2.45) is 5.73 Å². The second-order valence-electron chi connectivity index (χ2n) is 3.10. The molecule has 0 aliphatic heterocycles. The van der Waals surface area contributed by atoms with Crippen LogP contribution in [0.5, 0.6) is 11.5 Å². The normalized spacial score (nSPS) is 13.4. The highest BCUT2D eigenvalue weighted by molar-refractivity contribution is 5.48. The van der Waals surface area contributed by atoms with Crippen LogP contribution in [-0.4, -0.2) is 20.4 Å². The lowest BCUT2D eigenvalue weighted by molar-refractivity contribution is -0.149. The zero-order valence-corrected chi connectivity index (χ0v) is 8.84. The number of hydrogen-bond donors (Lipinski definition) is 1. The van der Waals surface area contributed by atoms with Crippen molar-refractivity contribution in [3.05, 3.63) is 23.8 Å². The monoisotopic (exact) mass is 235 g/mol. The van der Waals surface area contributed by atoms with Gasteiger partial charge < -0.3 is 15.2 Å². The van der Waals surface area contributed by atoms with Crippen LogP contribution < -0.4 is 15.2 Å². The molecule has 0 amide bonds. The maximum atomic E-state index is 12.5. The lowest BCUT2D eigenvalue weighted by Crippen LogP contribution is -2.28. The number of benzene rings is 1. The Morgan fingerprint density at radius 1 is 1.19 bits per heavy atom. The second kappa shape index (κ2) is 4.61. The first-order valence-electron chi connectivity index (χ1n) is 4.45. The van der Waals surface area contributed by atoms with Gasteiger partial charge in [-0.05, 0) is 6.07 Å². The van der Waals surface area contributed by atoms with Gasteiger partial charge in [0, 0.05) is 5.56 Å². The van der Waals surface area contributed by atoms with Crippen molar-refractivity contribution in [3.63, 3.8) is 0 Å². The Hall–Kier alpha value is -1.43. The van der Waals surface area contributed by atoms with E-state index in [1.807, 2.05) is 0 Å². The van der Waals surface area contributed by atoms with E-state index in [0.29, 0.717) is 0 Å². The standard InChI is InChI=1S/C10H12F3NO2/c1-15-7-5-3-4-6(8(7)16-2)9(14)10(11,12)13/h3-5,9H,14H2,1-2H3/t9-/m0/s1. The van der Waals surface area contributed by atoms with Crippen LogP contribution in [0.15, 0.2) is 18.2 Å². The zero-order valence-electron chi connectivity index (χ0n) is 8.84. The fourth-order valence-corrected chi connectivity index (χ4v) is 1.33. The minimum atomic E-state index is -4.51. The van der Waals surface area contributed by atoms with Gasteiger partial charge in [-0.3, -0.25) is 0 Å². The van der Waals surface area contributed by atoms with Crippen LogP contribution in [-0.2, 0) is 0 Å². The Morgan fingerprint density at radius 2 is 1.81 bits per heavy atom. The van der Waals surface area contributed by atoms with Crippen molar-refractivity contribution in [1.82, 2.24) is 0 Å². The second-order valence-corrected chi connectivity index (χ2v) is 3.10. The van der Waals surface area contributed by atoms with Crippen LogP contribution in [0.4, 0.5) is 13.2 Å². The first kappa shape index (κ1) is 12.6. The summed E-state index contributed by atoms with van der Waals surface area (Å²) in [5, 5.41) is 0. The Balaban J connectivity index is 3.23. The third kappa shape index (κ3) is 2.38. The molecule has 0 radical (unpaired) electrons. The van der Waals surface area contributed by atoms with Gasteiger partial charge in [-0.1, -0.05) is 12.1 Å². The third-order valence-electron chi connectivity index (χ3n) is 2.12. The van der Waals surface area contributed by atoms with E-state index in [1.54, 1.807) is 0 Å². The molecule has 1 aromatic rings. The molecule has 1 rings (SSSR count). The van der Waals surface area contributed by atoms with Crippen LogP contribution >= 0.6 is 0 Å². The smallest absolute Gasteiger partial charge is 0.407 e. The lowest BCUT2D eigenvalue weighted by Gasteiger charge is -2.19. The predicted molar refractivity (Wildman–Crippen MR) is 52.5 cm³/mol. The quantitative estimate of drug-likeness (QED) is 0.874. The van der Waals surface area contributed by atoms with Gasteiger partial charge >= 0.3 is 6.18 Å². The molecular weight excluding hydrogens is 223 g/mol. The molecule has 90 valence electrons. The predicted octanol–water partition coefficient (Wildman–Crippen LogP) is 2.27. The molecule has 0 aliphatic carbocycles. The summed E-state index contributed by atoms with van der Waals surface area (Å²) in [7, 11) is 2.62. The van der Waals surface area contributed by atoms with Crippen molar-refractivity contribution >= 4 is 0 Å². The highest BCUT2D eigenvalue weighted by atomic mass is 19.4. The molecule has 1 atom stereocenters. The average molecular weight is 235 g/mol. The SMILES string of the molecule is COc1cccc([C@H](N)C(F)(F)F)c1OC. The van der Waals surface area contributed by atoms with Crippen LogP contribution in [0.3, 0.4) is 0 Å². The summed E-state index contributed by atoms with van der Waals surface area (Å²) in [5.74, 6) is 0.231. The summed E-state index contributed by atoms with van der Waals surface area (Å²) in [6, 6.07) is 2.12. The van der Waals surface area contributed by atoms with E-state index in [1.165, 1.54) is 32.4 Å². The molecule has 2 N–H and O–H groups in total. The molecule has 6 heteroatoms. The number of hydrogen-bond acceptors (Lipinski definition) is 3. The topological polar surface area (TPSA) is 44.5 Å². The number of nitrogens with two attached hydrogens (primary N) is 1. The van der Waals surface area contributed by atoms with Gasteiger partial charge in [-0.2, -0.15) is 13.2 Å². The Labute approximate surface area is 91.0 Å². The average Bonchev–Trinajstić information content (AvgIpc) is 2.25. The van der Waals surface area contributed by atoms with Crippen molar-refractivity contribution < 1.29 is 22.6 Å². The number of para-hydroxylation sites is 1. The summed E-state index contributed by atoms with van der Waals surface area (Å²) in [4.78, 5) is 0. The summed E-state index contributed by atoms with van der Waals surface area (Å²) >= 11 is 0. The molecule has 0 aromatic heterocycles. The van der Waals surface area contributed by atoms with Gasteiger partial charge in [0.2, 0.25) is 0 Å². The van der Waals surface area contributed by atoms with E-state index in [2.05, 4.69) is 0 Å². The highest BCUT2D eigenvalue weighted by Gasteiger charge is 2.39. The minimum Gasteiger partial charge on any atom is -0.493 e. The Bertz CT molecular complexity index is 366. The molecule has 0 saturated heterocycles. The molecule has 16 heavy (non-hydrogen) atoms. The van der Waals surface area contributed by atoms with E-state index in [-0.39, 0.29) is 17.1 Å². The van der Waals surface area contributed by atoms with Crippen LogP contribution in [0.2, 0.25) is 0 Å². The first-order valence-corrected chi connectivity index (χ1v) is 4.45. The van der Waals surface area contributed by atoms with Gasteiger partial charge in [-0.15, -0.1) is 0 Å². The molecule has 1 aromatic carbocycles. The fourth-order valence-electron chi connectivity index (χ4n) is 1.33. The van der Waals surface area contributed by atoms with Crippen molar-refractivity contribution in [2.75, 3.05) is 14.2 Å². The van der Waals surface area contributed by atoms with E-state index >= 15 is 0 Å². The van der Waals surface area contributed by atoms with Gasteiger partial charge in [0.1, 0.15) is 6.04 Å². The molecule has 0 aliphatic rings. The molecule has 0 spiro atoms. The molecule has 3 nitrogen and oxygen atoms in total. The molecule has 0 unspecified atom stereocenters. The summed E-state index contributed by atoms with van der Waals surface area (Å²) in [6.45, 7) is 0. The van der Waals surface area contributed by atoms with E-state index in [4.69, 9.17) is 15.2 Å². The number of alkyl halides is 3. The highest BCUT2D eigenvalue weighted by Crippen LogP contribution is 2.39. The van der Waals surface area contributed by atoms with Gasteiger partial charge in [0.25, 0.3) is 0 Å². The van der Waals surface area contributed by atoms with E-state index in [0.717, 1.165) is 0 Å². The third-order valence-corrected chi connectivity index (χ3v) is 2.12. The Morgan fingerprint density at radius 3 is 2.25 bits per heavy atom. The largest absolute Gasteiger partial charge is 0.493 e. The van der Waals surface area contributed by atoms with E-state index in [9.17, 15) is 13.2 Å². The van der Waals surface area contributed by atoms with Crippen LogP contribution in [0.1, 0.15) is 11.6 Å². The number of rotatable bonds is 3. The maximum absolute atomic E-state index is 12.5. The van der Waals surface area contributed by atoms with Crippen molar-refractivity contribution in [3.8, 4) is 11.5 Å². The fraction of sp³-hybridized carbons (Fsp3) is 0.400. The van der Waals surface area contributed by atoms with Gasteiger partial charge in [-0.25, -0.2) is 0 Å². The lowest BCUT2D eigenvalue weighted by atomic mass is 10.1. The van der Waals surface area contributed by atoms with Gasteiger partial charge in [0.05, 0.1) is 14.2 Å². The molecular formula is C10H12F3NO2. The zero-order chi connectivity index (χ0) is 12.3. The maximum Gasteiger partial charge on any atom is 0.407 e. The van der Waals surface area contributed by atoms with Crippen molar-refractivity contribution in [2.45, 2.75) is 12.2 Å². The van der Waals surface area contributed by atoms with Gasteiger partial charge in [0.15, 0.2) is 11.5 Å². The van der Waals surface area contributed by atoms with Crippen LogP contribution in [0, 0.1) is 0 Å². The molecule has 0 fully saturated rings.